The molecule has 2 rings (SSSR count). The Hall–Kier alpha value is -1.51. The van der Waals surface area contributed by atoms with Crippen LogP contribution in [0.1, 0.15) is 35.7 Å². The number of carbonyl (C=O) groups excluding carboxylic acids is 1. The number of amides is 1. The number of carbonyl (C=O) groups is 1. The van der Waals surface area contributed by atoms with Crippen LogP contribution in [0.25, 0.3) is 0 Å². The van der Waals surface area contributed by atoms with Gasteiger partial charge in [-0.05, 0) is 37.8 Å². The van der Waals surface area contributed by atoms with Crippen molar-refractivity contribution in [2.75, 3.05) is 12.4 Å². The van der Waals surface area contributed by atoms with E-state index >= 15 is 0 Å². The summed E-state index contributed by atoms with van der Waals surface area (Å²) in [6.07, 6.45) is 2.21. The smallest absolute Gasteiger partial charge is 0.253 e. The quantitative estimate of drug-likeness (QED) is 0.841. The molecule has 1 amide bonds. The molecule has 0 saturated heterocycles. The third-order valence-electron chi connectivity index (χ3n) is 3.40. The highest BCUT2D eigenvalue weighted by atomic mass is 16.1. The van der Waals surface area contributed by atoms with Crippen molar-refractivity contribution in [3.05, 3.63) is 29.3 Å². The number of nitrogens with one attached hydrogen (secondary N) is 2. The summed E-state index contributed by atoms with van der Waals surface area (Å²) < 4.78 is 0. The monoisotopic (exact) mass is 232 g/mol. The number of benzene rings is 1. The second-order valence-corrected chi connectivity index (χ2v) is 5.05. The maximum atomic E-state index is 12.1. The van der Waals surface area contributed by atoms with Crippen LogP contribution in [0.4, 0.5) is 5.69 Å². The third kappa shape index (κ3) is 2.60. The number of hydrogen-bond donors (Lipinski definition) is 2. The van der Waals surface area contributed by atoms with Gasteiger partial charge in [-0.25, -0.2) is 0 Å². The van der Waals surface area contributed by atoms with Gasteiger partial charge < -0.3 is 10.6 Å². The lowest BCUT2D eigenvalue weighted by molar-refractivity contribution is 0.0897. The molecule has 0 heterocycles. The molecular formula is C14H20N2O. The van der Waals surface area contributed by atoms with Crippen LogP contribution in [-0.2, 0) is 0 Å². The van der Waals surface area contributed by atoms with Crippen LogP contribution in [0.2, 0.25) is 0 Å². The van der Waals surface area contributed by atoms with Crippen LogP contribution < -0.4 is 10.6 Å². The van der Waals surface area contributed by atoms with Gasteiger partial charge in [0.15, 0.2) is 0 Å². The average molecular weight is 232 g/mol. The van der Waals surface area contributed by atoms with Crippen LogP contribution in [0.5, 0.6) is 0 Å². The van der Waals surface area contributed by atoms with E-state index in [1.807, 2.05) is 32.2 Å². The van der Waals surface area contributed by atoms with Crippen LogP contribution in [0.15, 0.2) is 18.2 Å². The molecule has 3 nitrogen and oxygen atoms in total. The molecule has 0 aromatic heterocycles. The van der Waals surface area contributed by atoms with Crippen LogP contribution in [0, 0.1) is 12.8 Å². The Labute approximate surface area is 103 Å². The topological polar surface area (TPSA) is 41.1 Å². The molecule has 3 heteroatoms. The van der Waals surface area contributed by atoms with Crippen molar-refractivity contribution in [1.82, 2.24) is 5.32 Å². The lowest BCUT2D eigenvalue weighted by atomic mass is 9.82. The summed E-state index contributed by atoms with van der Waals surface area (Å²) in [5.41, 5.74) is 2.74. The summed E-state index contributed by atoms with van der Waals surface area (Å²) in [5.74, 6) is 0.788. The first kappa shape index (κ1) is 12.0. The van der Waals surface area contributed by atoms with E-state index in [2.05, 4.69) is 17.6 Å². The lowest BCUT2D eigenvalue weighted by Gasteiger charge is -2.33. The summed E-state index contributed by atoms with van der Waals surface area (Å²) in [5, 5.41) is 6.15. The minimum atomic E-state index is 0.0370. The van der Waals surface area contributed by atoms with Crippen molar-refractivity contribution >= 4 is 11.6 Å². The molecule has 2 N–H and O–H groups in total. The Morgan fingerprint density at radius 3 is 2.65 bits per heavy atom. The van der Waals surface area contributed by atoms with E-state index in [-0.39, 0.29) is 5.91 Å². The highest BCUT2D eigenvalue weighted by Gasteiger charge is 2.27. The fourth-order valence-electron chi connectivity index (χ4n) is 2.35. The van der Waals surface area contributed by atoms with Gasteiger partial charge in [0.25, 0.3) is 5.91 Å². The highest BCUT2D eigenvalue weighted by Crippen LogP contribution is 2.27. The van der Waals surface area contributed by atoms with Crippen molar-refractivity contribution in [1.29, 1.82) is 0 Å². The third-order valence-corrected chi connectivity index (χ3v) is 3.40. The molecular weight excluding hydrogens is 212 g/mol. The van der Waals surface area contributed by atoms with Gasteiger partial charge in [0, 0.05) is 18.8 Å². The zero-order valence-corrected chi connectivity index (χ0v) is 10.7. The van der Waals surface area contributed by atoms with Crippen LogP contribution in [-0.4, -0.2) is 19.0 Å². The van der Waals surface area contributed by atoms with E-state index < -0.39 is 0 Å². The van der Waals surface area contributed by atoms with Gasteiger partial charge in [0.2, 0.25) is 0 Å². The fraction of sp³-hybridized carbons (Fsp3) is 0.500. The van der Waals surface area contributed by atoms with Crippen LogP contribution in [0.3, 0.4) is 0 Å². The molecule has 92 valence electrons. The second-order valence-electron chi connectivity index (χ2n) is 5.05. The summed E-state index contributed by atoms with van der Waals surface area (Å²) in [4.78, 5) is 12.1. The van der Waals surface area contributed by atoms with Gasteiger partial charge in [-0.3, -0.25) is 4.79 Å². The molecule has 0 radical (unpaired) electrons. The van der Waals surface area contributed by atoms with Crippen molar-refractivity contribution in [3.63, 3.8) is 0 Å². The lowest BCUT2D eigenvalue weighted by Crippen LogP contribution is -2.43. The number of rotatable bonds is 3. The van der Waals surface area contributed by atoms with Gasteiger partial charge in [-0.1, -0.05) is 18.6 Å². The molecule has 1 aromatic carbocycles. The molecule has 1 aromatic rings. The molecule has 0 aliphatic heterocycles. The van der Waals surface area contributed by atoms with Gasteiger partial charge in [-0.2, -0.15) is 0 Å². The number of hydrogen-bond acceptors (Lipinski definition) is 2. The Morgan fingerprint density at radius 2 is 2.06 bits per heavy atom. The fourth-order valence-corrected chi connectivity index (χ4v) is 2.35. The molecule has 17 heavy (non-hydrogen) atoms. The maximum Gasteiger partial charge on any atom is 0.253 e. The van der Waals surface area contributed by atoms with E-state index in [0.29, 0.717) is 6.04 Å². The zero-order chi connectivity index (χ0) is 12.4. The van der Waals surface area contributed by atoms with E-state index in [0.717, 1.165) is 35.6 Å². The predicted molar refractivity (Wildman–Crippen MR) is 70.4 cm³/mol. The van der Waals surface area contributed by atoms with Gasteiger partial charge in [0.1, 0.15) is 0 Å². The summed E-state index contributed by atoms with van der Waals surface area (Å²) in [6.45, 7) is 4.22. The molecule has 0 unspecified atom stereocenters. The number of anilines is 1. The summed E-state index contributed by atoms with van der Waals surface area (Å²) in [7, 11) is 1.84. The second kappa shape index (κ2) is 4.78. The predicted octanol–water partition coefficient (Wildman–Crippen LogP) is 2.57. The first-order chi connectivity index (χ1) is 8.10. The van der Waals surface area contributed by atoms with Gasteiger partial charge in [0.05, 0.1) is 5.56 Å². The Bertz CT molecular complexity index is 422. The van der Waals surface area contributed by atoms with E-state index in [9.17, 15) is 4.79 Å². The highest BCUT2D eigenvalue weighted by molar-refractivity contribution is 6.00. The average Bonchev–Trinajstić information content (AvgIpc) is 2.27. The largest absolute Gasteiger partial charge is 0.387 e. The normalized spacial score (nSPS) is 22.8. The Kier molecular flexibility index (Phi) is 3.36. The van der Waals surface area contributed by atoms with Crippen LogP contribution >= 0.6 is 0 Å². The van der Waals surface area contributed by atoms with Crippen molar-refractivity contribution < 1.29 is 4.79 Å². The SMILES string of the molecule is CNc1ccc(C)cc1C(=O)NC1CC(C)C1. The van der Waals surface area contributed by atoms with Crippen molar-refractivity contribution in [2.24, 2.45) is 5.92 Å². The molecule has 0 spiro atoms. The molecule has 1 saturated carbocycles. The maximum absolute atomic E-state index is 12.1. The van der Waals surface area contributed by atoms with Crippen molar-refractivity contribution in [3.8, 4) is 0 Å². The summed E-state index contributed by atoms with van der Waals surface area (Å²) in [6, 6.07) is 6.26. The molecule has 1 aliphatic carbocycles. The Balaban J connectivity index is 2.09. The minimum Gasteiger partial charge on any atom is -0.387 e. The van der Waals surface area contributed by atoms with E-state index in [1.165, 1.54) is 0 Å². The van der Waals surface area contributed by atoms with Gasteiger partial charge >= 0.3 is 0 Å². The van der Waals surface area contributed by atoms with E-state index in [4.69, 9.17) is 0 Å². The zero-order valence-electron chi connectivity index (χ0n) is 10.7. The minimum absolute atomic E-state index is 0.0370. The van der Waals surface area contributed by atoms with Crippen molar-refractivity contribution in [2.45, 2.75) is 32.7 Å². The molecule has 1 aliphatic rings. The molecule has 1 fully saturated rings. The summed E-state index contributed by atoms with van der Waals surface area (Å²) >= 11 is 0. The van der Waals surface area contributed by atoms with Gasteiger partial charge in [-0.15, -0.1) is 0 Å². The Morgan fingerprint density at radius 1 is 1.35 bits per heavy atom. The molecule has 0 atom stereocenters. The number of aryl methyl sites for hydroxylation is 1. The first-order valence-corrected chi connectivity index (χ1v) is 6.19. The molecule has 0 bridgehead atoms. The standard InChI is InChI=1S/C14H20N2O/c1-9-4-5-13(15-3)12(8-9)14(17)16-11-6-10(2)7-11/h4-5,8,10-11,15H,6-7H2,1-3H3,(H,16,17). The first-order valence-electron chi connectivity index (χ1n) is 6.19. The van der Waals surface area contributed by atoms with E-state index in [1.54, 1.807) is 0 Å².